The molecule has 2 aromatic rings. The molecule has 21 heavy (non-hydrogen) atoms. The molecule has 1 saturated heterocycles. The van der Waals surface area contributed by atoms with Crippen LogP contribution in [0.1, 0.15) is 24.1 Å². The molecule has 2 N–H and O–H groups in total. The van der Waals surface area contributed by atoms with Crippen molar-refractivity contribution in [3.63, 3.8) is 0 Å². The van der Waals surface area contributed by atoms with Gasteiger partial charge in [-0.3, -0.25) is 4.79 Å². The van der Waals surface area contributed by atoms with Crippen molar-refractivity contribution < 1.29 is 9.90 Å². The molecule has 1 aromatic heterocycles. The molecule has 2 heterocycles. The quantitative estimate of drug-likeness (QED) is 0.909. The van der Waals surface area contributed by atoms with E-state index in [2.05, 4.69) is 11.1 Å². The molecular weight excluding hydrogens is 264 g/mol. The summed E-state index contributed by atoms with van der Waals surface area (Å²) in [6.07, 6.45) is 2.45. The second kappa shape index (κ2) is 5.90. The number of likely N-dealkylation sites (tertiary alicyclic amines) is 1. The zero-order chi connectivity index (χ0) is 14.8. The summed E-state index contributed by atoms with van der Waals surface area (Å²) in [5, 5.41) is 10.4. The van der Waals surface area contributed by atoms with Crippen LogP contribution in [0.15, 0.2) is 24.3 Å². The normalized spacial score (nSPS) is 19.1. The zero-order valence-corrected chi connectivity index (χ0v) is 12.4. The first-order chi connectivity index (χ1) is 10.2. The van der Waals surface area contributed by atoms with Crippen molar-refractivity contribution in [3.8, 4) is 0 Å². The molecule has 1 aliphatic heterocycles. The summed E-state index contributed by atoms with van der Waals surface area (Å²) >= 11 is 0. The number of H-pyrrole nitrogens is 1. The number of aliphatic hydroxyl groups is 1. The number of para-hydroxylation sites is 1. The first-order valence-corrected chi connectivity index (χ1v) is 7.64. The number of aliphatic hydroxyl groups excluding tert-OH is 1. The van der Waals surface area contributed by atoms with E-state index in [1.54, 1.807) is 0 Å². The zero-order valence-electron chi connectivity index (χ0n) is 12.4. The third-order valence-corrected chi connectivity index (χ3v) is 4.48. The Bertz CT molecular complexity index is 647. The van der Waals surface area contributed by atoms with Crippen LogP contribution in [0.5, 0.6) is 0 Å². The SMILES string of the molecule is Cc1[nH]c2ccccc2c1CC(=O)N1CCCC(CO)C1. The van der Waals surface area contributed by atoms with E-state index in [0.717, 1.165) is 41.5 Å². The highest BCUT2D eigenvalue weighted by atomic mass is 16.3. The van der Waals surface area contributed by atoms with Crippen molar-refractivity contribution in [2.24, 2.45) is 5.92 Å². The van der Waals surface area contributed by atoms with E-state index in [0.29, 0.717) is 13.0 Å². The predicted molar refractivity (Wildman–Crippen MR) is 83.1 cm³/mol. The summed E-state index contributed by atoms with van der Waals surface area (Å²) in [7, 11) is 0. The Balaban J connectivity index is 1.78. The Morgan fingerprint density at radius 2 is 2.24 bits per heavy atom. The van der Waals surface area contributed by atoms with E-state index >= 15 is 0 Å². The van der Waals surface area contributed by atoms with Crippen LogP contribution in [0.25, 0.3) is 10.9 Å². The maximum atomic E-state index is 12.6. The van der Waals surface area contributed by atoms with E-state index in [1.807, 2.05) is 30.0 Å². The van der Waals surface area contributed by atoms with Crippen LogP contribution >= 0.6 is 0 Å². The smallest absolute Gasteiger partial charge is 0.227 e. The van der Waals surface area contributed by atoms with Crippen molar-refractivity contribution in [2.45, 2.75) is 26.2 Å². The molecule has 0 bridgehead atoms. The molecule has 1 atom stereocenters. The van der Waals surface area contributed by atoms with Crippen molar-refractivity contribution in [1.29, 1.82) is 0 Å². The van der Waals surface area contributed by atoms with Crippen LogP contribution in [0.2, 0.25) is 0 Å². The summed E-state index contributed by atoms with van der Waals surface area (Å²) in [5.74, 6) is 0.410. The van der Waals surface area contributed by atoms with E-state index in [-0.39, 0.29) is 18.4 Å². The van der Waals surface area contributed by atoms with Crippen molar-refractivity contribution >= 4 is 16.8 Å². The number of aromatic nitrogens is 1. The Morgan fingerprint density at radius 3 is 3.05 bits per heavy atom. The number of carbonyl (C=O) groups excluding carboxylic acids is 1. The number of hydrogen-bond acceptors (Lipinski definition) is 2. The summed E-state index contributed by atoms with van der Waals surface area (Å²) in [6.45, 7) is 3.71. The first-order valence-electron chi connectivity index (χ1n) is 7.64. The highest BCUT2D eigenvalue weighted by molar-refractivity contribution is 5.90. The van der Waals surface area contributed by atoms with Gasteiger partial charge in [0.1, 0.15) is 0 Å². The van der Waals surface area contributed by atoms with Crippen molar-refractivity contribution in [2.75, 3.05) is 19.7 Å². The fourth-order valence-corrected chi connectivity index (χ4v) is 3.27. The number of aryl methyl sites for hydroxylation is 1. The van der Waals surface area contributed by atoms with Gasteiger partial charge in [0.2, 0.25) is 5.91 Å². The molecule has 1 unspecified atom stereocenters. The average Bonchev–Trinajstić information content (AvgIpc) is 2.83. The van der Waals surface area contributed by atoms with Gasteiger partial charge in [-0.2, -0.15) is 0 Å². The molecule has 4 heteroatoms. The van der Waals surface area contributed by atoms with Crippen LogP contribution in [0.4, 0.5) is 0 Å². The summed E-state index contributed by atoms with van der Waals surface area (Å²) in [6, 6.07) is 8.11. The Kier molecular flexibility index (Phi) is 3.97. The summed E-state index contributed by atoms with van der Waals surface area (Å²) in [4.78, 5) is 17.8. The largest absolute Gasteiger partial charge is 0.396 e. The van der Waals surface area contributed by atoms with E-state index < -0.39 is 0 Å². The fourth-order valence-electron chi connectivity index (χ4n) is 3.27. The number of amides is 1. The number of carbonyl (C=O) groups is 1. The molecule has 0 aliphatic carbocycles. The van der Waals surface area contributed by atoms with Crippen LogP contribution in [-0.2, 0) is 11.2 Å². The fraction of sp³-hybridized carbons (Fsp3) is 0.471. The van der Waals surface area contributed by atoms with E-state index in [9.17, 15) is 9.90 Å². The molecule has 1 aromatic carbocycles. The van der Waals surface area contributed by atoms with E-state index in [1.165, 1.54) is 0 Å². The number of benzene rings is 1. The van der Waals surface area contributed by atoms with Crippen LogP contribution in [0.3, 0.4) is 0 Å². The molecule has 0 radical (unpaired) electrons. The minimum absolute atomic E-state index is 0.168. The van der Waals surface area contributed by atoms with Gasteiger partial charge in [-0.1, -0.05) is 18.2 Å². The highest BCUT2D eigenvalue weighted by Crippen LogP contribution is 2.24. The summed E-state index contributed by atoms with van der Waals surface area (Å²) in [5.41, 5.74) is 3.26. The van der Waals surface area contributed by atoms with Gasteiger partial charge >= 0.3 is 0 Å². The van der Waals surface area contributed by atoms with Gasteiger partial charge < -0.3 is 15.0 Å². The molecule has 112 valence electrons. The number of hydrogen-bond donors (Lipinski definition) is 2. The lowest BCUT2D eigenvalue weighted by atomic mass is 9.98. The maximum absolute atomic E-state index is 12.6. The molecule has 1 aliphatic rings. The number of piperidine rings is 1. The maximum Gasteiger partial charge on any atom is 0.227 e. The van der Waals surface area contributed by atoms with Gasteiger partial charge in [0.25, 0.3) is 0 Å². The molecule has 0 spiro atoms. The van der Waals surface area contributed by atoms with Crippen LogP contribution < -0.4 is 0 Å². The second-order valence-electron chi connectivity index (χ2n) is 5.98. The highest BCUT2D eigenvalue weighted by Gasteiger charge is 2.24. The van der Waals surface area contributed by atoms with Crippen molar-refractivity contribution in [3.05, 3.63) is 35.5 Å². The number of aromatic amines is 1. The molecule has 1 amide bonds. The number of nitrogens with zero attached hydrogens (tertiary/aromatic N) is 1. The Morgan fingerprint density at radius 1 is 1.43 bits per heavy atom. The lowest BCUT2D eigenvalue weighted by Gasteiger charge is -2.32. The van der Waals surface area contributed by atoms with Gasteiger partial charge in [0.15, 0.2) is 0 Å². The second-order valence-corrected chi connectivity index (χ2v) is 5.98. The molecule has 3 rings (SSSR count). The van der Waals surface area contributed by atoms with Gasteiger partial charge in [0.05, 0.1) is 6.42 Å². The van der Waals surface area contributed by atoms with Gasteiger partial charge in [-0.05, 0) is 37.3 Å². The number of nitrogens with one attached hydrogen (secondary N) is 1. The minimum Gasteiger partial charge on any atom is -0.396 e. The lowest BCUT2D eigenvalue weighted by Crippen LogP contribution is -2.41. The number of rotatable bonds is 3. The topological polar surface area (TPSA) is 56.3 Å². The van der Waals surface area contributed by atoms with Gasteiger partial charge in [-0.15, -0.1) is 0 Å². The molecular formula is C17H22N2O2. The average molecular weight is 286 g/mol. The van der Waals surface area contributed by atoms with Crippen molar-refractivity contribution in [1.82, 2.24) is 9.88 Å². The first kappa shape index (κ1) is 14.1. The third kappa shape index (κ3) is 2.81. The van der Waals surface area contributed by atoms with Crippen LogP contribution in [-0.4, -0.2) is 40.6 Å². The predicted octanol–water partition coefficient (Wildman–Crippen LogP) is 2.25. The summed E-state index contributed by atoms with van der Waals surface area (Å²) < 4.78 is 0. The van der Waals surface area contributed by atoms with Crippen LogP contribution in [0, 0.1) is 12.8 Å². The van der Waals surface area contributed by atoms with Gasteiger partial charge in [0, 0.05) is 36.3 Å². The minimum atomic E-state index is 0.168. The molecule has 1 fully saturated rings. The molecule has 0 saturated carbocycles. The Labute approximate surface area is 124 Å². The lowest BCUT2D eigenvalue weighted by molar-refractivity contribution is -0.132. The monoisotopic (exact) mass is 286 g/mol. The third-order valence-electron chi connectivity index (χ3n) is 4.48. The standard InChI is InChI=1S/C17H22N2O2/c1-12-15(14-6-2-3-7-16(14)18-12)9-17(21)19-8-4-5-13(10-19)11-20/h2-3,6-7,13,18,20H,4-5,8-11H2,1H3. The molecule has 4 nitrogen and oxygen atoms in total. The van der Waals surface area contributed by atoms with E-state index in [4.69, 9.17) is 0 Å². The number of fused-ring (bicyclic) bond motifs is 1. The Hall–Kier alpha value is -1.81. The van der Waals surface area contributed by atoms with Gasteiger partial charge in [-0.25, -0.2) is 0 Å².